The van der Waals surface area contributed by atoms with Gasteiger partial charge >= 0.3 is 0 Å². The van der Waals surface area contributed by atoms with Crippen molar-refractivity contribution in [2.45, 2.75) is 25.4 Å². The van der Waals surface area contributed by atoms with E-state index in [1.165, 1.54) is 30.4 Å². The second-order valence-electron chi connectivity index (χ2n) is 4.33. The number of methoxy groups -OCH3 is 1. The standard InChI is InChI=1S/C13H19NO2/c1-16-9-13(15)8-14-12-6-5-10-3-2-4-11(10)7-12/h5-7,13-15H,2-4,8-9H2,1H3. The fraction of sp³-hybridized carbons (Fsp3) is 0.538. The molecule has 1 unspecified atom stereocenters. The summed E-state index contributed by atoms with van der Waals surface area (Å²) in [5.41, 5.74) is 4.02. The van der Waals surface area contributed by atoms with E-state index in [9.17, 15) is 5.11 Å². The third kappa shape index (κ3) is 2.74. The number of rotatable bonds is 5. The SMILES string of the molecule is COCC(O)CNc1ccc2c(c1)CCC2. The van der Waals surface area contributed by atoms with Crippen molar-refractivity contribution in [2.24, 2.45) is 0 Å². The molecule has 1 aliphatic carbocycles. The van der Waals surface area contributed by atoms with Crippen LogP contribution in [-0.4, -0.2) is 31.5 Å². The van der Waals surface area contributed by atoms with Gasteiger partial charge in [0.1, 0.15) is 0 Å². The van der Waals surface area contributed by atoms with Gasteiger partial charge in [-0.2, -0.15) is 0 Å². The molecule has 16 heavy (non-hydrogen) atoms. The van der Waals surface area contributed by atoms with Crippen molar-refractivity contribution in [2.75, 3.05) is 25.6 Å². The maximum Gasteiger partial charge on any atom is 0.0945 e. The van der Waals surface area contributed by atoms with Crippen molar-refractivity contribution >= 4 is 5.69 Å². The lowest BCUT2D eigenvalue weighted by Crippen LogP contribution is -2.24. The van der Waals surface area contributed by atoms with E-state index in [0.29, 0.717) is 13.2 Å². The van der Waals surface area contributed by atoms with Crippen LogP contribution in [0.1, 0.15) is 17.5 Å². The molecule has 0 fully saturated rings. The molecule has 2 rings (SSSR count). The average molecular weight is 221 g/mol. The molecule has 1 aromatic rings. The van der Waals surface area contributed by atoms with Gasteiger partial charge in [-0.15, -0.1) is 0 Å². The van der Waals surface area contributed by atoms with Crippen LogP contribution in [0.3, 0.4) is 0 Å². The summed E-state index contributed by atoms with van der Waals surface area (Å²) < 4.78 is 4.88. The summed E-state index contributed by atoms with van der Waals surface area (Å²) in [6, 6.07) is 6.47. The Morgan fingerprint density at radius 3 is 3.00 bits per heavy atom. The second kappa shape index (κ2) is 5.32. The molecule has 1 aliphatic rings. The van der Waals surface area contributed by atoms with Gasteiger partial charge in [-0.25, -0.2) is 0 Å². The molecular weight excluding hydrogens is 202 g/mol. The van der Waals surface area contributed by atoms with E-state index in [1.54, 1.807) is 7.11 Å². The maximum absolute atomic E-state index is 9.52. The molecule has 0 heterocycles. The first-order valence-corrected chi connectivity index (χ1v) is 5.82. The smallest absolute Gasteiger partial charge is 0.0945 e. The Morgan fingerprint density at radius 1 is 1.38 bits per heavy atom. The highest BCUT2D eigenvalue weighted by Crippen LogP contribution is 2.24. The van der Waals surface area contributed by atoms with E-state index < -0.39 is 6.10 Å². The first-order chi connectivity index (χ1) is 7.79. The van der Waals surface area contributed by atoms with Gasteiger partial charge in [-0.3, -0.25) is 0 Å². The summed E-state index contributed by atoms with van der Waals surface area (Å²) >= 11 is 0. The highest BCUT2D eigenvalue weighted by molar-refractivity contribution is 5.50. The molecule has 0 bridgehead atoms. The normalized spacial score (nSPS) is 15.9. The molecule has 0 spiro atoms. The Labute approximate surface area is 96.4 Å². The fourth-order valence-corrected chi connectivity index (χ4v) is 2.17. The van der Waals surface area contributed by atoms with Gasteiger partial charge in [0.2, 0.25) is 0 Å². The molecule has 3 heteroatoms. The zero-order valence-corrected chi connectivity index (χ0v) is 9.70. The first-order valence-electron chi connectivity index (χ1n) is 5.82. The number of hydrogen-bond acceptors (Lipinski definition) is 3. The number of anilines is 1. The van der Waals surface area contributed by atoms with Crippen molar-refractivity contribution in [3.63, 3.8) is 0 Å². The lowest BCUT2D eigenvalue weighted by molar-refractivity contribution is 0.0727. The van der Waals surface area contributed by atoms with Crippen molar-refractivity contribution in [3.8, 4) is 0 Å². The highest BCUT2D eigenvalue weighted by Gasteiger charge is 2.11. The molecule has 0 radical (unpaired) electrons. The Bertz CT molecular complexity index is 352. The number of aliphatic hydroxyl groups is 1. The molecule has 0 aromatic heterocycles. The van der Waals surface area contributed by atoms with Crippen LogP contribution in [-0.2, 0) is 17.6 Å². The Morgan fingerprint density at radius 2 is 2.19 bits per heavy atom. The van der Waals surface area contributed by atoms with Crippen LogP contribution in [0.2, 0.25) is 0 Å². The van der Waals surface area contributed by atoms with Gasteiger partial charge in [-0.05, 0) is 42.5 Å². The largest absolute Gasteiger partial charge is 0.389 e. The lowest BCUT2D eigenvalue weighted by atomic mass is 10.1. The van der Waals surface area contributed by atoms with Crippen molar-refractivity contribution in [1.82, 2.24) is 0 Å². The summed E-state index contributed by atoms with van der Waals surface area (Å²) in [6.45, 7) is 0.907. The number of fused-ring (bicyclic) bond motifs is 1. The van der Waals surface area contributed by atoms with Crippen molar-refractivity contribution in [1.29, 1.82) is 0 Å². The van der Waals surface area contributed by atoms with E-state index in [0.717, 1.165) is 5.69 Å². The lowest BCUT2D eigenvalue weighted by Gasteiger charge is -2.12. The molecule has 0 aliphatic heterocycles. The van der Waals surface area contributed by atoms with Gasteiger partial charge in [-0.1, -0.05) is 6.07 Å². The van der Waals surface area contributed by atoms with E-state index in [1.807, 2.05) is 0 Å². The van der Waals surface area contributed by atoms with Crippen LogP contribution in [0.4, 0.5) is 5.69 Å². The van der Waals surface area contributed by atoms with Gasteiger partial charge < -0.3 is 15.2 Å². The third-order valence-corrected chi connectivity index (χ3v) is 3.00. The van der Waals surface area contributed by atoms with Crippen LogP contribution < -0.4 is 5.32 Å². The molecule has 0 saturated carbocycles. The van der Waals surface area contributed by atoms with Gasteiger partial charge in [0, 0.05) is 19.3 Å². The summed E-state index contributed by atoms with van der Waals surface area (Å²) in [6.07, 6.45) is 3.22. The van der Waals surface area contributed by atoms with Crippen molar-refractivity contribution in [3.05, 3.63) is 29.3 Å². The van der Waals surface area contributed by atoms with E-state index in [4.69, 9.17) is 4.74 Å². The van der Waals surface area contributed by atoms with Crippen molar-refractivity contribution < 1.29 is 9.84 Å². The van der Waals surface area contributed by atoms with Gasteiger partial charge in [0.25, 0.3) is 0 Å². The van der Waals surface area contributed by atoms with Gasteiger partial charge in [0.15, 0.2) is 0 Å². The molecule has 1 atom stereocenters. The zero-order chi connectivity index (χ0) is 11.4. The van der Waals surface area contributed by atoms with Crippen LogP contribution >= 0.6 is 0 Å². The number of benzene rings is 1. The van der Waals surface area contributed by atoms with Crippen LogP contribution in [0.15, 0.2) is 18.2 Å². The van der Waals surface area contributed by atoms with Crippen LogP contribution in [0, 0.1) is 0 Å². The topological polar surface area (TPSA) is 41.5 Å². The van der Waals surface area contributed by atoms with E-state index in [2.05, 4.69) is 23.5 Å². The summed E-state index contributed by atoms with van der Waals surface area (Å²) in [5, 5.41) is 12.7. The second-order valence-corrected chi connectivity index (χ2v) is 4.33. The molecule has 0 amide bonds. The fourth-order valence-electron chi connectivity index (χ4n) is 2.17. The Balaban J connectivity index is 1.90. The number of nitrogens with one attached hydrogen (secondary N) is 1. The monoisotopic (exact) mass is 221 g/mol. The quantitative estimate of drug-likeness (QED) is 0.793. The van der Waals surface area contributed by atoms with Gasteiger partial charge in [0.05, 0.1) is 12.7 Å². The van der Waals surface area contributed by atoms with Crippen LogP contribution in [0.5, 0.6) is 0 Å². The van der Waals surface area contributed by atoms with E-state index in [-0.39, 0.29) is 0 Å². The number of aliphatic hydroxyl groups excluding tert-OH is 1. The minimum absolute atomic E-state index is 0.373. The zero-order valence-electron chi connectivity index (χ0n) is 9.70. The van der Waals surface area contributed by atoms with E-state index >= 15 is 0 Å². The Kier molecular flexibility index (Phi) is 3.80. The number of ether oxygens (including phenoxy) is 1. The first kappa shape index (κ1) is 11.4. The number of hydrogen-bond donors (Lipinski definition) is 2. The number of aryl methyl sites for hydroxylation is 2. The summed E-state index contributed by atoms with van der Waals surface area (Å²) in [4.78, 5) is 0. The molecule has 3 nitrogen and oxygen atoms in total. The molecule has 88 valence electrons. The minimum Gasteiger partial charge on any atom is -0.389 e. The highest BCUT2D eigenvalue weighted by atomic mass is 16.5. The molecule has 0 saturated heterocycles. The summed E-state index contributed by atoms with van der Waals surface area (Å²) in [7, 11) is 1.60. The average Bonchev–Trinajstić information content (AvgIpc) is 2.74. The predicted octanol–water partition coefficient (Wildman–Crippen LogP) is 1.59. The third-order valence-electron chi connectivity index (χ3n) is 3.00. The summed E-state index contributed by atoms with van der Waals surface area (Å²) in [5.74, 6) is 0. The molecule has 1 aromatic carbocycles. The predicted molar refractivity (Wildman–Crippen MR) is 64.8 cm³/mol. The molecule has 2 N–H and O–H groups in total. The van der Waals surface area contributed by atoms with Crippen LogP contribution in [0.25, 0.3) is 0 Å². The maximum atomic E-state index is 9.52. The Hall–Kier alpha value is -1.06. The molecular formula is C13H19NO2. The minimum atomic E-state index is -0.446.